The highest BCUT2D eigenvalue weighted by atomic mass is 16.5. The Morgan fingerprint density at radius 2 is 1.90 bits per heavy atom. The third-order valence-electron chi connectivity index (χ3n) is 3.16. The van der Waals surface area contributed by atoms with E-state index in [-0.39, 0.29) is 5.41 Å². The van der Waals surface area contributed by atoms with Crippen LogP contribution in [-0.4, -0.2) is 10.1 Å². The fourth-order valence-corrected chi connectivity index (χ4v) is 1.89. The van der Waals surface area contributed by atoms with E-state index in [9.17, 15) is 5.11 Å². The molecule has 0 fully saturated rings. The smallest absolute Gasteiger partial charge is 0.219 e. The fraction of sp³-hybridized carbons (Fsp3) is 0.353. The van der Waals surface area contributed by atoms with Crippen molar-refractivity contribution in [3.8, 4) is 11.6 Å². The predicted molar refractivity (Wildman–Crippen MR) is 80.1 cm³/mol. The van der Waals surface area contributed by atoms with Crippen LogP contribution in [0.25, 0.3) is 0 Å². The molecule has 1 N–H and O–H groups in total. The Morgan fingerprint density at radius 1 is 1.15 bits per heavy atom. The molecule has 2 rings (SSSR count). The fourth-order valence-electron chi connectivity index (χ4n) is 1.89. The number of rotatable bonds is 3. The van der Waals surface area contributed by atoms with Crippen LogP contribution >= 0.6 is 0 Å². The monoisotopic (exact) mass is 271 g/mol. The molecular formula is C17H21NO2. The summed E-state index contributed by atoms with van der Waals surface area (Å²) in [5, 5.41) is 9.58. The van der Waals surface area contributed by atoms with Gasteiger partial charge in [0, 0.05) is 12.3 Å². The molecule has 2 aromatic rings. The van der Waals surface area contributed by atoms with Crippen LogP contribution in [0.3, 0.4) is 0 Å². The van der Waals surface area contributed by atoms with E-state index in [0.29, 0.717) is 5.88 Å². The zero-order chi connectivity index (χ0) is 14.8. The summed E-state index contributed by atoms with van der Waals surface area (Å²) in [5.74, 6) is 1.25. The predicted octanol–water partition coefficient (Wildman–Crippen LogP) is 4.22. The maximum atomic E-state index is 9.58. The Balaban J connectivity index is 2.24. The molecule has 3 nitrogen and oxygen atoms in total. The molecule has 106 valence electrons. The van der Waals surface area contributed by atoms with Crippen molar-refractivity contribution in [2.45, 2.75) is 39.2 Å². The lowest BCUT2D eigenvalue weighted by Crippen LogP contribution is -2.10. The van der Waals surface area contributed by atoms with Gasteiger partial charge in [-0.2, -0.15) is 0 Å². The van der Waals surface area contributed by atoms with Crippen molar-refractivity contribution < 1.29 is 9.84 Å². The lowest BCUT2D eigenvalue weighted by atomic mass is 9.87. The van der Waals surface area contributed by atoms with Crippen molar-refractivity contribution in [2.75, 3.05) is 0 Å². The molecule has 3 heteroatoms. The number of pyridine rings is 1. The van der Waals surface area contributed by atoms with E-state index in [4.69, 9.17) is 4.74 Å². The SMILES string of the molecule is C[C@H](O)c1ccnc(Oc2cccc(C(C)(C)C)c2)c1. The van der Waals surface area contributed by atoms with Crippen molar-refractivity contribution in [3.63, 3.8) is 0 Å². The summed E-state index contributed by atoms with van der Waals surface area (Å²) >= 11 is 0. The van der Waals surface area contributed by atoms with E-state index in [1.54, 1.807) is 25.3 Å². The Morgan fingerprint density at radius 3 is 2.55 bits per heavy atom. The van der Waals surface area contributed by atoms with E-state index in [2.05, 4.69) is 31.8 Å². The molecule has 0 saturated carbocycles. The average molecular weight is 271 g/mol. The maximum Gasteiger partial charge on any atom is 0.219 e. The molecule has 0 radical (unpaired) electrons. The molecule has 0 amide bonds. The summed E-state index contributed by atoms with van der Waals surface area (Å²) in [5.41, 5.74) is 2.08. The lowest BCUT2D eigenvalue weighted by Gasteiger charge is -2.19. The van der Waals surface area contributed by atoms with Crippen LogP contribution in [0, 0.1) is 0 Å². The van der Waals surface area contributed by atoms with Crippen molar-refractivity contribution in [1.29, 1.82) is 0 Å². The topological polar surface area (TPSA) is 42.4 Å². The van der Waals surface area contributed by atoms with Crippen molar-refractivity contribution in [3.05, 3.63) is 53.7 Å². The van der Waals surface area contributed by atoms with Gasteiger partial charge in [0.15, 0.2) is 0 Å². The average Bonchev–Trinajstić information content (AvgIpc) is 2.38. The molecule has 0 aliphatic heterocycles. The van der Waals surface area contributed by atoms with Crippen LogP contribution in [0.5, 0.6) is 11.6 Å². The lowest BCUT2D eigenvalue weighted by molar-refractivity contribution is 0.198. The minimum absolute atomic E-state index is 0.0776. The Kier molecular flexibility index (Phi) is 4.09. The highest BCUT2D eigenvalue weighted by Gasteiger charge is 2.14. The first kappa shape index (κ1) is 14.5. The van der Waals surface area contributed by atoms with Gasteiger partial charge in [-0.05, 0) is 41.7 Å². The number of ether oxygens (including phenoxy) is 1. The molecule has 0 unspecified atom stereocenters. The second-order valence-electron chi connectivity index (χ2n) is 5.98. The summed E-state index contributed by atoms with van der Waals surface area (Å²) < 4.78 is 5.78. The number of aliphatic hydroxyl groups is 1. The summed E-state index contributed by atoms with van der Waals surface area (Å²) in [6.07, 6.45) is 1.12. The van der Waals surface area contributed by atoms with Gasteiger partial charge in [-0.25, -0.2) is 4.98 Å². The zero-order valence-corrected chi connectivity index (χ0v) is 12.4. The normalized spacial score (nSPS) is 13.1. The largest absolute Gasteiger partial charge is 0.439 e. The van der Waals surface area contributed by atoms with E-state index in [1.807, 2.05) is 18.2 Å². The van der Waals surface area contributed by atoms with Crippen molar-refractivity contribution in [2.24, 2.45) is 0 Å². The summed E-state index contributed by atoms with van der Waals surface area (Å²) in [7, 11) is 0. The molecule has 0 spiro atoms. The van der Waals surface area contributed by atoms with Gasteiger partial charge in [-0.1, -0.05) is 32.9 Å². The van der Waals surface area contributed by atoms with Gasteiger partial charge in [0.1, 0.15) is 5.75 Å². The molecule has 1 atom stereocenters. The van der Waals surface area contributed by atoms with E-state index in [0.717, 1.165) is 11.3 Å². The minimum Gasteiger partial charge on any atom is -0.439 e. The Bertz CT molecular complexity index is 586. The standard InChI is InChI=1S/C17H21NO2/c1-12(19)13-8-9-18-16(10-13)20-15-7-5-6-14(11-15)17(2,3)4/h5-12,19H,1-4H3/t12-/m0/s1. The van der Waals surface area contributed by atoms with Gasteiger partial charge in [-0.3, -0.25) is 0 Å². The summed E-state index contributed by atoms with van der Waals surface area (Å²) in [4.78, 5) is 4.18. The van der Waals surface area contributed by atoms with Gasteiger partial charge in [0.2, 0.25) is 5.88 Å². The first-order valence-corrected chi connectivity index (χ1v) is 6.79. The van der Waals surface area contributed by atoms with Gasteiger partial charge < -0.3 is 9.84 Å². The van der Waals surface area contributed by atoms with Gasteiger partial charge in [0.25, 0.3) is 0 Å². The van der Waals surface area contributed by atoms with Gasteiger partial charge in [-0.15, -0.1) is 0 Å². The summed E-state index contributed by atoms with van der Waals surface area (Å²) in [6.45, 7) is 8.22. The molecule has 0 aliphatic carbocycles. The Hall–Kier alpha value is -1.87. The third kappa shape index (κ3) is 3.58. The first-order chi connectivity index (χ1) is 9.36. The molecule has 1 aromatic heterocycles. The van der Waals surface area contributed by atoms with Crippen LogP contribution in [0.1, 0.15) is 44.9 Å². The molecule has 0 saturated heterocycles. The summed E-state index contributed by atoms with van der Waals surface area (Å²) in [6, 6.07) is 11.5. The highest BCUT2D eigenvalue weighted by molar-refractivity contribution is 5.35. The number of aliphatic hydroxyl groups excluding tert-OH is 1. The third-order valence-corrected chi connectivity index (χ3v) is 3.16. The highest BCUT2D eigenvalue weighted by Crippen LogP contribution is 2.28. The first-order valence-electron chi connectivity index (χ1n) is 6.79. The van der Waals surface area contributed by atoms with E-state index < -0.39 is 6.10 Å². The van der Waals surface area contributed by atoms with Crippen LogP contribution in [0.15, 0.2) is 42.6 Å². The minimum atomic E-state index is -0.527. The second kappa shape index (κ2) is 5.63. The van der Waals surface area contributed by atoms with Crippen LogP contribution in [0.2, 0.25) is 0 Å². The molecule has 0 aliphatic rings. The van der Waals surface area contributed by atoms with E-state index in [1.165, 1.54) is 5.56 Å². The van der Waals surface area contributed by atoms with Crippen LogP contribution < -0.4 is 4.74 Å². The maximum absolute atomic E-state index is 9.58. The molecule has 1 heterocycles. The molecule has 20 heavy (non-hydrogen) atoms. The van der Waals surface area contributed by atoms with Crippen LogP contribution in [0.4, 0.5) is 0 Å². The second-order valence-corrected chi connectivity index (χ2v) is 5.98. The zero-order valence-electron chi connectivity index (χ0n) is 12.4. The quantitative estimate of drug-likeness (QED) is 0.908. The molecule has 0 bridgehead atoms. The number of aromatic nitrogens is 1. The van der Waals surface area contributed by atoms with Crippen molar-refractivity contribution in [1.82, 2.24) is 4.98 Å². The van der Waals surface area contributed by atoms with Crippen molar-refractivity contribution >= 4 is 0 Å². The number of hydrogen-bond donors (Lipinski definition) is 1. The number of hydrogen-bond acceptors (Lipinski definition) is 3. The molecular weight excluding hydrogens is 250 g/mol. The Labute approximate surface area is 120 Å². The van der Waals surface area contributed by atoms with Gasteiger partial charge in [0.05, 0.1) is 6.10 Å². The molecule has 1 aromatic carbocycles. The van der Waals surface area contributed by atoms with E-state index >= 15 is 0 Å². The van der Waals surface area contributed by atoms with Gasteiger partial charge >= 0.3 is 0 Å². The number of nitrogens with zero attached hydrogens (tertiary/aromatic N) is 1. The number of benzene rings is 1. The van der Waals surface area contributed by atoms with Crippen LogP contribution in [-0.2, 0) is 5.41 Å².